The number of nitrogen functional groups attached to an aromatic ring is 1. The zero-order chi connectivity index (χ0) is 12.3. The first-order valence-electron chi connectivity index (χ1n) is 4.80. The number of hydrogen-bond acceptors (Lipinski definition) is 4. The Kier molecular flexibility index (Phi) is 3.66. The Hall–Kier alpha value is -1.52. The molecule has 17 heavy (non-hydrogen) atoms. The van der Waals surface area contributed by atoms with Crippen LogP contribution in [0.1, 0.15) is 5.56 Å². The van der Waals surface area contributed by atoms with Crippen LogP contribution in [0.3, 0.4) is 0 Å². The highest BCUT2D eigenvalue weighted by Crippen LogP contribution is 2.23. The second-order valence-corrected chi connectivity index (χ2v) is 4.10. The Bertz CT molecular complexity index is 534. The van der Waals surface area contributed by atoms with Gasteiger partial charge in [0.1, 0.15) is 6.61 Å². The Labute approximate surface area is 108 Å². The van der Waals surface area contributed by atoms with E-state index in [-0.39, 0.29) is 5.82 Å². The lowest BCUT2D eigenvalue weighted by Crippen LogP contribution is -2.02. The van der Waals surface area contributed by atoms with Crippen LogP contribution in [0.4, 0.5) is 5.82 Å². The maximum Gasteiger partial charge on any atom is 0.257 e. The van der Waals surface area contributed by atoms with E-state index in [1.54, 1.807) is 12.1 Å². The smallest absolute Gasteiger partial charge is 0.257 e. The van der Waals surface area contributed by atoms with Crippen LogP contribution in [0.5, 0.6) is 5.88 Å². The van der Waals surface area contributed by atoms with Crippen LogP contribution >= 0.6 is 23.2 Å². The molecule has 0 aliphatic heterocycles. The highest BCUT2D eigenvalue weighted by atomic mass is 35.5. The van der Waals surface area contributed by atoms with Gasteiger partial charge in [-0.05, 0) is 17.7 Å². The molecule has 1 aromatic heterocycles. The number of aromatic nitrogens is 2. The van der Waals surface area contributed by atoms with E-state index in [1.165, 1.54) is 12.4 Å². The van der Waals surface area contributed by atoms with Crippen LogP contribution in [-0.2, 0) is 6.61 Å². The molecule has 0 unspecified atom stereocenters. The fraction of sp³-hybridized carbons (Fsp3) is 0.0909. The van der Waals surface area contributed by atoms with Gasteiger partial charge >= 0.3 is 0 Å². The maximum absolute atomic E-state index is 5.89. The second-order valence-electron chi connectivity index (χ2n) is 3.28. The number of ether oxygens (including phenoxy) is 1. The molecule has 1 heterocycles. The third kappa shape index (κ3) is 2.99. The third-order valence-electron chi connectivity index (χ3n) is 2.05. The average molecular weight is 270 g/mol. The summed E-state index contributed by atoms with van der Waals surface area (Å²) < 4.78 is 5.42. The standard InChI is InChI=1S/C11H9Cl2N3O/c12-8-2-1-7(5-9(8)13)6-17-11-10(14)15-3-4-16-11/h1-5H,6H2,(H2,14,15). The molecule has 0 radical (unpaired) electrons. The van der Waals surface area contributed by atoms with Crippen molar-refractivity contribution in [2.45, 2.75) is 6.61 Å². The van der Waals surface area contributed by atoms with Gasteiger partial charge in [0.15, 0.2) is 5.82 Å². The molecule has 0 atom stereocenters. The summed E-state index contributed by atoms with van der Waals surface area (Å²) in [5.41, 5.74) is 6.47. The second kappa shape index (κ2) is 5.21. The van der Waals surface area contributed by atoms with E-state index >= 15 is 0 Å². The lowest BCUT2D eigenvalue weighted by Gasteiger charge is -2.07. The molecule has 4 nitrogen and oxygen atoms in total. The molecule has 0 aliphatic rings. The van der Waals surface area contributed by atoms with Gasteiger partial charge in [0, 0.05) is 12.4 Å². The zero-order valence-corrected chi connectivity index (χ0v) is 10.2. The number of nitrogens with two attached hydrogens (primary N) is 1. The maximum atomic E-state index is 5.89. The first kappa shape index (κ1) is 12.0. The normalized spacial score (nSPS) is 10.2. The highest BCUT2D eigenvalue weighted by Gasteiger charge is 2.04. The molecule has 6 heteroatoms. The van der Waals surface area contributed by atoms with Crippen LogP contribution in [0.2, 0.25) is 10.0 Å². The van der Waals surface area contributed by atoms with Crippen LogP contribution in [-0.4, -0.2) is 9.97 Å². The van der Waals surface area contributed by atoms with Crippen molar-refractivity contribution in [3.8, 4) is 5.88 Å². The Morgan fingerprint density at radius 3 is 2.59 bits per heavy atom. The number of rotatable bonds is 3. The van der Waals surface area contributed by atoms with Gasteiger partial charge in [-0.15, -0.1) is 0 Å². The van der Waals surface area contributed by atoms with Gasteiger partial charge < -0.3 is 10.5 Å². The minimum absolute atomic E-state index is 0.257. The van der Waals surface area contributed by atoms with Gasteiger partial charge in [-0.2, -0.15) is 0 Å². The van der Waals surface area contributed by atoms with Crippen LogP contribution in [0, 0.1) is 0 Å². The number of benzene rings is 1. The lowest BCUT2D eigenvalue weighted by atomic mass is 10.2. The lowest BCUT2D eigenvalue weighted by molar-refractivity contribution is 0.294. The van der Waals surface area contributed by atoms with Crippen molar-refractivity contribution >= 4 is 29.0 Å². The van der Waals surface area contributed by atoms with Crippen molar-refractivity contribution in [3.05, 3.63) is 46.2 Å². The molecular weight excluding hydrogens is 261 g/mol. The van der Waals surface area contributed by atoms with E-state index in [4.69, 9.17) is 33.7 Å². The minimum atomic E-state index is 0.257. The van der Waals surface area contributed by atoms with Crippen LogP contribution in [0.15, 0.2) is 30.6 Å². The molecule has 2 N–H and O–H groups in total. The Morgan fingerprint density at radius 2 is 1.88 bits per heavy atom. The van der Waals surface area contributed by atoms with E-state index in [0.717, 1.165) is 5.56 Å². The van der Waals surface area contributed by atoms with E-state index in [9.17, 15) is 0 Å². The van der Waals surface area contributed by atoms with Crippen LogP contribution < -0.4 is 10.5 Å². The molecule has 0 saturated carbocycles. The predicted octanol–water partition coefficient (Wildman–Crippen LogP) is 2.94. The summed E-state index contributed by atoms with van der Waals surface area (Å²) in [5.74, 6) is 0.561. The molecule has 2 aromatic rings. The number of nitrogens with zero attached hydrogens (tertiary/aromatic N) is 2. The highest BCUT2D eigenvalue weighted by molar-refractivity contribution is 6.42. The van der Waals surface area contributed by atoms with E-state index in [1.807, 2.05) is 6.07 Å². The monoisotopic (exact) mass is 269 g/mol. The summed E-state index contributed by atoms with van der Waals surface area (Å²) in [6.07, 6.45) is 3.02. The van der Waals surface area contributed by atoms with E-state index in [2.05, 4.69) is 9.97 Å². The van der Waals surface area contributed by atoms with Crippen molar-refractivity contribution in [1.82, 2.24) is 9.97 Å². The zero-order valence-electron chi connectivity index (χ0n) is 8.73. The molecule has 2 rings (SSSR count). The molecule has 0 spiro atoms. The molecule has 88 valence electrons. The fourth-order valence-electron chi connectivity index (χ4n) is 1.23. The van der Waals surface area contributed by atoms with Crippen molar-refractivity contribution in [1.29, 1.82) is 0 Å². The number of anilines is 1. The topological polar surface area (TPSA) is 61.0 Å². The average Bonchev–Trinajstić information content (AvgIpc) is 2.32. The number of hydrogen-bond donors (Lipinski definition) is 1. The largest absolute Gasteiger partial charge is 0.470 e. The van der Waals surface area contributed by atoms with E-state index in [0.29, 0.717) is 22.5 Å². The number of halogens is 2. The van der Waals surface area contributed by atoms with Gasteiger partial charge in [0.25, 0.3) is 5.88 Å². The van der Waals surface area contributed by atoms with Crippen molar-refractivity contribution in [2.24, 2.45) is 0 Å². The van der Waals surface area contributed by atoms with Gasteiger partial charge in [-0.1, -0.05) is 29.3 Å². The SMILES string of the molecule is Nc1nccnc1OCc1ccc(Cl)c(Cl)c1. The van der Waals surface area contributed by atoms with Crippen molar-refractivity contribution < 1.29 is 4.74 Å². The summed E-state index contributed by atoms with van der Waals surface area (Å²) in [6, 6.07) is 5.26. The molecule has 0 aliphatic carbocycles. The van der Waals surface area contributed by atoms with Crippen molar-refractivity contribution in [3.63, 3.8) is 0 Å². The summed E-state index contributed by atoms with van der Waals surface area (Å²) in [6.45, 7) is 0.305. The van der Waals surface area contributed by atoms with Gasteiger partial charge in [0.2, 0.25) is 0 Å². The van der Waals surface area contributed by atoms with Crippen LogP contribution in [0.25, 0.3) is 0 Å². The van der Waals surface area contributed by atoms with E-state index < -0.39 is 0 Å². The first-order chi connectivity index (χ1) is 8.16. The summed E-state index contributed by atoms with van der Waals surface area (Å²) in [5, 5.41) is 0.995. The molecular formula is C11H9Cl2N3O. The molecule has 0 fully saturated rings. The first-order valence-corrected chi connectivity index (χ1v) is 5.55. The Morgan fingerprint density at radius 1 is 1.12 bits per heavy atom. The third-order valence-corrected chi connectivity index (χ3v) is 2.79. The van der Waals surface area contributed by atoms with Gasteiger partial charge in [-0.3, -0.25) is 0 Å². The summed E-state index contributed by atoms with van der Waals surface area (Å²) in [4.78, 5) is 7.83. The Balaban J connectivity index is 2.08. The molecule has 0 bridgehead atoms. The quantitative estimate of drug-likeness (QED) is 0.931. The van der Waals surface area contributed by atoms with Crippen molar-refractivity contribution in [2.75, 3.05) is 5.73 Å². The molecule has 0 amide bonds. The predicted molar refractivity (Wildman–Crippen MR) is 67.2 cm³/mol. The summed E-state index contributed by atoms with van der Waals surface area (Å²) >= 11 is 11.7. The minimum Gasteiger partial charge on any atom is -0.470 e. The van der Waals surface area contributed by atoms with Gasteiger partial charge in [0.05, 0.1) is 10.0 Å². The summed E-state index contributed by atoms with van der Waals surface area (Å²) in [7, 11) is 0. The van der Waals surface area contributed by atoms with Gasteiger partial charge in [-0.25, -0.2) is 9.97 Å². The fourth-order valence-corrected chi connectivity index (χ4v) is 1.55. The molecule has 0 saturated heterocycles. The molecule has 1 aromatic carbocycles.